The first kappa shape index (κ1) is 13.0. The summed E-state index contributed by atoms with van der Waals surface area (Å²) in [5.74, 6) is 0.0237. The van der Waals surface area contributed by atoms with Gasteiger partial charge in [0.15, 0.2) is 0 Å². The molecule has 1 aliphatic heterocycles. The molecule has 1 saturated heterocycles. The van der Waals surface area contributed by atoms with Crippen molar-refractivity contribution in [3.8, 4) is 0 Å². The minimum atomic E-state index is -0.495. The van der Waals surface area contributed by atoms with Crippen LogP contribution in [0.5, 0.6) is 0 Å². The van der Waals surface area contributed by atoms with Gasteiger partial charge in [-0.1, -0.05) is 0 Å². The number of hydrogen-bond donors (Lipinski definition) is 2. The fourth-order valence-corrected chi connectivity index (χ4v) is 2.09. The number of piperazine rings is 1. The molecular weight excluding hydrogens is 228 g/mol. The SMILES string of the molecule is CC(C)(C(=O)Nc1ccncc1)N1CCNCC1. The molecule has 2 rings (SSSR count). The molecule has 0 unspecified atom stereocenters. The van der Waals surface area contributed by atoms with Gasteiger partial charge in [0, 0.05) is 44.3 Å². The Morgan fingerprint density at radius 1 is 1.33 bits per heavy atom. The third-order valence-corrected chi connectivity index (χ3v) is 3.40. The van der Waals surface area contributed by atoms with Gasteiger partial charge in [0.1, 0.15) is 0 Å². The summed E-state index contributed by atoms with van der Waals surface area (Å²) >= 11 is 0. The summed E-state index contributed by atoms with van der Waals surface area (Å²) in [6.07, 6.45) is 3.35. The zero-order valence-corrected chi connectivity index (χ0v) is 10.9. The van der Waals surface area contributed by atoms with Crippen molar-refractivity contribution in [2.24, 2.45) is 0 Å². The number of nitrogens with zero attached hydrogens (tertiary/aromatic N) is 2. The van der Waals surface area contributed by atoms with Gasteiger partial charge in [-0.3, -0.25) is 14.7 Å². The highest BCUT2D eigenvalue weighted by atomic mass is 16.2. The predicted molar refractivity (Wildman–Crippen MR) is 71.4 cm³/mol. The lowest BCUT2D eigenvalue weighted by molar-refractivity contribution is -0.126. The van der Waals surface area contributed by atoms with Gasteiger partial charge in [-0.05, 0) is 26.0 Å². The smallest absolute Gasteiger partial charge is 0.244 e. The van der Waals surface area contributed by atoms with E-state index in [0.29, 0.717) is 0 Å². The maximum Gasteiger partial charge on any atom is 0.244 e. The highest BCUT2D eigenvalue weighted by molar-refractivity contribution is 5.97. The molecule has 98 valence electrons. The molecule has 5 heteroatoms. The van der Waals surface area contributed by atoms with E-state index in [9.17, 15) is 4.79 Å². The zero-order valence-electron chi connectivity index (χ0n) is 10.9. The minimum absolute atomic E-state index is 0.0237. The zero-order chi connectivity index (χ0) is 13.0. The summed E-state index contributed by atoms with van der Waals surface area (Å²) in [6, 6.07) is 3.59. The van der Waals surface area contributed by atoms with Crippen LogP contribution in [0.1, 0.15) is 13.8 Å². The molecule has 1 aromatic heterocycles. The number of amides is 1. The number of hydrogen-bond acceptors (Lipinski definition) is 4. The highest BCUT2D eigenvalue weighted by Gasteiger charge is 2.35. The van der Waals surface area contributed by atoms with Crippen molar-refractivity contribution < 1.29 is 4.79 Å². The van der Waals surface area contributed by atoms with Crippen LogP contribution in [0.3, 0.4) is 0 Å². The summed E-state index contributed by atoms with van der Waals surface area (Å²) in [4.78, 5) is 18.5. The molecule has 0 atom stereocenters. The number of anilines is 1. The van der Waals surface area contributed by atoms with E-state index in [0.717, 1.165) is 31.9 Å². The van der Waals surface area contributed by atoms with Crippen molar-refractivity contribution in [3.63, 3.8) is 0 Å². The van der Waals surface area contributed by atoms with E-state index in [1.165, 1.54) is 0 Å². The monoisotopic (exact) mass is 248 g/mol. The van der Waals surface area contributed by atoms with E-state index in [2.05, 4.69) is 20.5 Å². The molecule has 0 spiro atoms. The van der Waals surface area contributed by atoms with Gasteiger partial charge >= 0.3 is 0 Å². The van der Waals surface area contributed by atoms with E-state index < -0.39 is 5.54 Å². The molecule has 5 nitrogen and oxygen atoms in total. The van der Waals surface area contributed by atoms with E-state index >= 15 is 0 Å². The first-order valence-electron chi connectivity index (χ1n) is 6.28. The number of nitrogens with one attached hydrogen (secondary N) is 2. The lowest BCUT2D eigenvalue weighted by Crippen LogP contribution is -2.58. The minimum Gasteiger partial charge on any atom is -0.324 e. The molecule has 0 bridgehead atoms. The summed E-state index contributed by atoms with van der Waals surface area (Å²) in [7, 11) is 0. The van der Waals surface area contributed by atoms with Crippen LogP contribution < -0.4 is 10.6 Å². The van der Waals surface area contributed by atoms with Crippen LogP contribution in [0, 0.1) is 0 Å². The largest absolute Gasteiger partial charge is 0.324 e. The Morgan fingerprint density at radius 3 is 2.56 bits per heavy atom. The molecule has 0 aromatic carbocycles. The number of carbonyl (C=O) groups excluding carboxylic acids is 1. The van der Waals surface area contributed by atoms with Gasteiger partial charge in [-0.15, -0.1) is 0 Å². The van der Waals surface area contributed by atoms with Crippen LogP contribution in [0.25, 0.3) is 0 Å². The molecule has 2 heterocycles. The fraction of sp³-hybridized carbons (Fsp3) is 0.538. The summed E-state index contributed by atoms with van der Waals surface area (Å²) in [5.41, 5.74) is 0.295. The van der Waals surface area contributed by atoms with Gasteiger partial charge < -0.3 is 10.6 Å². The maximum absolute atomic E-state index is 12.3. The van der Waals surface area contributed by atoms with Gasteiger partial charge in [0.05, 0.1) is 5.54 Å². The molecule has 2 N–H and O–H groups in total. The van der Waals surface area contributed by atoms with Crippen molar-refractivity contribution in [3.05, 3.63) is 24.5 Å². The number of carbonyl (C=O) groups is 1. The third-order valence-electron chi connectivity index (χ3n) is 3.40. The van der Waals surface area contributed by atoms with Crippen LogP contribution in [0.15, 0.2) is 24.5 Å². The van der Waals surface area contributed by atoms with Gasteiger partial charge in [-0.2, -0.15) is 0 Å². The molecule has 1 fully saturated rings. The molecule has 0 saturated carbocycles. The molecule has 1 aromatic rings. The van der Waals surface area contributed by atoms with Crippen LogP contribution in [-0.2, 0) is 4.79 Å². The third kappa shape index (κ3) is 2.86. The van der Waals surface area contributed by atoms with Crippen LogP contribution in [0.2, 0.25) is 0 Å². The Morgan fingerprint density at radius 2 is 1.94 bits per heavy atom. The van der Waals surface area contributed by atoms with Crippen molar-refractivity contribution in [2.75, 3.05) is 31.5 Å². The second-order valence-electron chi connectivity index (χ2n) is 4.99. The van der Waals surface area contributed by atoms with Crippen molar-refractivity contribution in [2.45, 2.75) is 19.4 Å². The van der Waals surface area contributed by atoms with Gasteiger partial charge in [0.2, 0.25) is 5.91 Å². The van der Waals surface area contributed by atoms with Crippen LogP contribution >= 0.6 is 0 Å². The van der Waals surface area contributed by atoms with E-state index in [1.54, 1.807) is 24.5 Å². The molecule has 0 radical (unpaired) electrons. The average Bonchev–Trinajstić information content (AvgIpc) is 2.41. The number of pyridine rings is 1. The second-order valence-corrected chi connectivity index (χ2v) is 4.99. The second kappa shape index (κ2) is 5.46. The number of aromatic nitrogens is 1. The average molecular weight is 248 g/mol. The fourth-order valence-electron chi connectivity index (χ4n) is 2.09. The van der Waals surface area contributed by atoms with E-state index in [1.807, 2.05) is 13.8 Å². The molecule has 1 amide bonds. The first-order chi connectivity index (χ1) is 8.60. The lowest BCUT2D eigenvalue weighted by Gasteiger charge is -2.39. The van der Waals surface area contributed by atoms with Crippen molar-refractivity contribution >= 4 is 11.6 Å². The van der Waals surface area contributed by atoms with Crippen molar-refractivity contribution in [1.29, 1.82) is 0 Å². The molecule has 1 aliphatic rings. The lowest BCUT2D eigenvalue weighted by atomic mass is 10.0. The summed E-state index contributed by atoms with van der Waals surface area (Å²) < 4.78 is 0. The Kier molecular flexibility index (Phi) is 3.93. The van der Waals surface area contributed by atoms with Gasteiger partial charge in [-0.25, -0.2) is 0 Å². The molecule has 0 aliphatic carbocycles. The van der Waals surface area contributed by atoms with Crippen LogP contribution in [0.4, 0.5) is 5.69 Å². The number of rotatable bonds is 3. The Hall–Kier alpha value is -1.46. The maximum atomic E-state index is 12.3. The molecule has 18 heavy (non-hydrogen) atoms. The highest BCUT2D eigenvalue weighted by Crippen LogP contribution is 2.17. The Bertz CT molecular complexity index is 399. The predicted octanol–water partition coefficient (Wildman–Crippen LogP) is 0.704. The summed E-state index contributed by atoms with van der Waals surface area (Å²) in [6.45, 7) is 7.61. The van der Waals surface area contributed by atoms with Gasteiger partial charge in [0.25, 0.3) is 0 Å². The van der Waals surface area contributed by atoms with E-state index in [-0.39, 0.29) is 5.91 Å². The standard InChI is InChI=1S/C13H20N4O/c1-13(2,17-9-7-15-8-10-17)12(18)16-11-3-5-14-6-4-11/h3-6,15H,7-10H2,1-2H3,(H,14,16,18). The summed E-state index contributed by atoms with van der Waals surface area (Å²) in [5, 5.41) is 6.23. The molecular formula is C13H20N4O. The Labute approximate surface area is 108 Å². The Balaban J connectivity index is 2.02. The first-order valence-corrected chi connectivity index (χ1v) is 6.28. The normalized spacial score (nSPS) is 17.4. The quantitative estimate of drug-likeness (QED) is 0.827. The topological polar surface area (TPSA) is 57.3 Å². The van der Waals surface area contributed by atoms with E-state index in [4.69, 9.17) is 0 Å². The van der Waals surface area contributed by atoms with Crippen LogP contribution in [-0.4, -0.2) is 47.5 Å². The van der Waals surface area contributed by atoms with Crippen molar-refractivity contribution in [1.82, 2.24) is 15.2 Å².